The summed E-state index contributed by atoms with van der Waals surface area (Å²) in [5.74, 6) is 0.905. The minimum absolute atomic E-state index is 0.201. The van der Waals surface area contributed by atoms with Crippen molar-refractivity contribution in [2.75, 3.05) is 19.0 Å². The van der Waals surface area contributed by atoms with Gasteiger partial charge in [-0.25, -0.2) is 0 Å². The monoisotopic (exact) mass is 408 g/mol. The van der Waals surface area contributed by atoms with Crippen LogP contribution in [0.25, 0.3) is 0 Å². The number of anilines is 1. The molecule has 0 bridgehead atoms. The van der Waals surface area contributed by atoms with Gasteiger partial charge in [-0.2, -0.15) is 0 Å². The summed E-state index contributed by atoms with van der Waals surface area (Å²) in [5, 5.41) is 5.80. The van der Waals surface area contributed by atoms with E-state index in [0.29, 0.717) is 17.9 Å². The zero-order chi connectivity index (χ0) is 17.5. The average Bonchev–Trinajstić information content (AvgIpc) is 2.57. The number of benzene rings is 2. The van der Waals surface area contributed by atoms with Gasteiger partial charge in [0.1, 0.15) is 11.5 Å². The highest BCUT2D eigenvalue weighted by molar-refractivity contribution is 9.10. The van der Waals surface area contributed by atoms with E-state index in [4.69, 9.17) is 21.7 Å². The first-order valence-corrected chi connectivity index (χ1v) is 8.42. The van der Waals surface area contributed by atoms with Gasteiger partial charge in [-0.3, -0.25) is 10.1 Å². The first-order valence-electron chi connectivity index (χ1n) is 7.22. The van der Waals surface area contributed by atoms with Crippen molar-refractivity contribution in [3.05, 3.63) is 52.5 Å². The van der Waals surface area contributed by atoms with E-state index in [2.05, 4.69) is 26.6 Å². The molecule has 0 aliphatic rings. The van der Waals surface area contributed by atoms with Crippen LogP contribution in [0.4, 0.5) is 5.69 Å². The van der Waals surface area contributed by atoms with Crippen LogP contribution in [0.5, 0.6) is 11.5 Å². The molecule has 0 aromatic heterocycles. The fourth-order valence-electron chi connectivity index (χ4n) is 1.97. The predicted octanol–water partition coefficient (Wildman–Crippen LogP) is 3.98. The van der Waals surface area contributed by atoms with Crippen LogP contribution in [-0.2, 0) is 0 Å². The van der Waals surface area contributed by atoms with Gasteiger partial charge in [0, 0.05) is 10.2 Å². The van der Waals surface area contributed by atoms with Crippen LogP contribution in [0.2, 0.25) is 0 Å². The summed E-state index contributed by atoms with van der Waals surface area (Å²) in [4.78, 5) is 12.4. The largest absolute Gasteiger partial charge is 0.497 e. The van der Waals surface area contributed by atoms with Crippen molar-refractivity contribution in [1.29, 1.82) is 0 Å². The Bertz CT molecular complexity index is 735. The van der Waals surface area contributed by atoms with Gasteiger partial charge in [0.05, 0.1) is 19.3 Å². The lowest BCUT2D eigenvalue weighted by Crippen LogP contribution is -2.34. The third-order valence-electron chi connectivity index (χ3n) is 3.06. The van der Waals surface area contributed by atoms with E-state index in [1.54, 1.807) is 31.4 Å². The molecular formula is C17H17BrN2O3S. The molecule has 5 nitrogen and oxygen atoms in total. The lowest BCUT2D eigenvalue weighted by Gasteiger charge is -2.13. The van der Waals surface area contributed by atoms with Crippen molar-refractivity contribution in [2.45, 2.75) is 6.92 Å². The SMILES string of the molecule is CCOc1ccc(Br)cc1C(=O)NC(=S)Nc1ccc(OC)cc1. The van der Waals surface area contributed by atoms with Crippen LogP contribution in [0, 0.1) is 0 Å². The molecular weight excluding hydrogens is 392 g/mol. The third-order valence-corrected chi connectivity index (χ3v) is 3.76. The van der Waals surface area contributed by atoms with Gasteiger partial charge in [-0.1, -0.05) is 15.9 Å². The van der Waals surface area contributed by atoms with Gasteiger partial charge in [0.25, 0.3) is 5.91 Å². The molecule has 0 heterocycles. The Morgan fingerprint density at radius 3 is 2.54 bits per heavy atom. The predicted molar refractivity (Wildman–Crippen MR) is 102 cm³/mol. The molecule has 0 unspecified atom stereocenters. The first kappa shape index (κ1) is 18.2. The van der Waals surface area contributed by atoms with Crippen LogP contribution < -0.4 is 20.1 Å². The maximum Gasteiger partial charge on any atom is 0.261 e. The third kappa shape index (κ3) is 4.94. The molecule has 0 saturated heterocycles. The molecule has 2 N–H and O–H groups in total. The number of amides is 1. The zero-order valence-electron chi connectivity index (χ0n) is 13.3. The second-order valence-electron chi connectivity index (χ2n) is 4.71. The summed E-state index contributed by atoms with van der Waals surface area (Å²) < 4.78 is 11.4. The van der Waals surface area contributed by atoms with Gasteiger partial charge >= 0.3 is 0 Å². The number of thiocarbonyl (C=S) groups is 1. The molecule has 1 amide bonds. The van der Waals surface area contributed by atoms with Crippen LogP contribution in [0.1, 0.15) is 17.3 Å². The molecule has 2 rings (SSSR count). The summed E-state index contributed by atoms with van der Waals surface area (Å²) in [6, 6.07) is 12.5. The summed E-state index contributed by atoms with van der Waals surface area (Å²) >= 11 is 8.54. The fraction of sp³-hybridized carbons (Fsp3) is 0.176. The number of methoxy groups -OCH3 is 1. The smallest absolute Gasteiger partial charge is 0.261 e. The second-order valence-corrected chi connectivity index (χ2v) is 6.03. The number of nitrogens with one attached hydrogen (secondary N) is 2. The van der Waals surface area contributed by atoms with Gasteiger partial charge in [-0.15, -0.1) is 0 Å². The van der Waals surface area contributed by atoms with Crippen molar-refractivity contribution in [3.8, 4) is 11.5 Å². The highest BCUT2D eigenvalue weighted by Gasteiger charge is 2.14. The van der Waals surface area contributed by atoms with E-state index in [1.807, 2.05) is 25.1 Å². The zero-order valence-corrected chi connectivity index (χ0v) is 15.7. The van der Waals surface area contributed by atoms with Crippen LogP contribution in [-0.4, -0.2) is 24.7 Å². The molecule has 0 fully saturated rings. The molecule has 7 heteroatoms. The molecule has 0 aliphatic heterocycles. The van der Waals surface area contributed by atoms with Crippen molar-refractivity contribution in [2.24, 2.45) is 0 Å². The molecule has 2 aromatic carbocycles. The Labute approximate surface area is 154 Å². The van der Waals surface area contributed by atoms with Crippen molar-refractivity contribution in [1.82, 2.24) is 5.32 Å². The summed E-state index contributed by atoms with van der Waals surface area (Å²) in [7, 11) is 1.60. The number of hydrogen-bond acceptors (Lipinski definition) is 4. The van der Waals surface area contributed by atoms with Gasteiger partial charge in [-0.05, 0) is 61.6 Å². The molecule has 0 atom stereocenters. The number of halogens is 1. The Morgan fingerprint density at radius 1 is 1.21 bits per heavy atom. The van der Waals surface area contributed by atoms with Crippen LogP contribution >= 0.6 is 28.1 Å². The lowest BCUT2D eigenvalue weighted by atomic mass is 10.2. The quantitative estimate of drug-likeness (QED) is 0.732. The van der Waals surface area contributed by atoms with Crippen molar-refractivity contribution in [3.63, 3.8) is 0 Å². The van der Waals surface area contributed by atoms with E-state index < -0.39 is 0 Å². The topological polar surface area (TPSA) is 59.6 Å². The lowest BCUT2D eigenvalue weighted by molar-refractivity contribution is 0.0974. The van der Waals surface area contributed by atoms with Crippen molar-refractivity contribution < 1.29 is 14.3 Å². The molecule has 0 spiro atoms. The highest BCUT2D eigenvalue weighted by atomic mass is 79.9. The van der Waals surface area contributed by atoms with Gasteiger partial charge in [0.15, 0.2) is 5.11 Å². The molecule has 24 heavy (non-hydrogen) atoms. The maximum absolute atomic E-state index is 12.4. The van der Waals surface area contributed by atoms with E-state index in [0.717, 1.165) is 15.9 Å². The second kappa shape index (κ2) is 8.65. The van der Waals surface area contributed by atoms with Crippen molar-refractivity contribution >= 4 is 44.9 Å². The van der Waals surface area contributed by atoms with Gasteiger partial charge in [0.2, 0.25) is 0 Å². The Morgan fingerprint density at radius 2 is 1.92 bits per heavy atom. The van der Waals surface area contributed by atoms with E-state index in [9.17, 15) is 4.79 Å². The number of rotatable bonds is 5. The molecule has 0 aliphatic carbocycles. The molecule has 2 aromatic rings. The summed E-state index contributed by atoms with van der Waals surface area (Å²) in [6.45, 7) is 2.33. The molecule has 0 saturated carbocycles. The normalized spacial score (nSPS) is 9.96. The molecule has 126 valence electrons. The van der Waals surface area contributed by atoms with Crippen LogP contribution in [0.15, 0.2) is 46.9 Å². The summed E-state index contributed by atoms with van der Waals surface area (Å²) in [6.07, 6.45) is 0. The van der Waals surface area contributed by atoms with E-state index >= 15 is 0 Å². The standard InChI is InChI=1S/C17H17BrN2O3S/c1-3-23-15-9-4-11(18)10-14(15)16(21)20-17(24)19-12-5-7-13(22-2)8-6-12/h4-10H,3H2,1-2H3,(H2,19,20,21,24). The van der Waals surface area contributed by atoms with E-state index in [1.165, 1.54) is 0 Å². The molecule has 0 radical (unpaired) electrons. The Balaban J connectivity index is 2.05. The van der Waals surface area contributed by atoms with E-state index in [-0.39, 0.29) is 11.0 Å². The number of carbonyl (C=O) groups is 1. The Kier molecular flexibility index (Phi) is 6.57. The van der Waals surface area contributed by atoms with Crippen LogP contribution in [0.3, 0.4) is 0 Å². The number of carbonyl (C=O) groups excluding carboxylic acids is 1. The minimum atomic E-state index is -0.342. The minimum Gasteiger partial charge on any atom is -0.497 e. The highest BCUT2D eigenvalue weighted by Crippen LogP contribution is 2.23. The number of ether oxygens (including phenoxy) is 2. The summed E-state index contributed by atoms with van der Waals surface area (Å²) in [5.41, 5.74) is 1.16. The average molecular weight is 409 g/mol. The number of hydrogen-bond donors (Lipinski definition) is 2. The maximum atomic E-state index is 12.4. The fourth-order valence-corrected chi connectivity index (χ4v) is 2.54. The first-order chi connectivity index (χ1) is 11.5. The van der Waals surface area contributed by atoms with Gasteiger partial charge < -0.3 is 14.8 Å². The Hall–Kier alpha value is -2.12.